The molecule has 25 heavy (non-hydrogen) atoms. The summed E-state index contributed by atoms with van der Waals surface area (Å²) in [7, 11) is 1.36. The molecule has 0 aliphatic carbocycles. The zero-order valence-electron chi connectivity index (χ0n) is 13.9. The highest BCUT2D eigenvalue weighted by atomic mass is 16.6. The van der Waals surface area contributed by atoms with Gasteiger partial charge in [0.15, 0.2) is 0 Å². The standard InChI is InChI=1S/C15H17N5O5/c1-4-25-15(21)10(2)17-11-7-13(19-6-5-16-9-19)14(20(22)23)8-12(11)18-24-3/h5-9,18H,4H2,1-3H3. The molecular weight excluding hydrogens is 330 g/mol. The zero-order chi connectivity index (χ0) is 18.4. The van der Waals surface area contributed by atoms with E-state index in [-0.39, 0.29) is 35.1 Å². The van der Waals surface area contributed by atoms with Gasteiger partial charge in [-0.3, -0.25) is 20.4 Å². The predicted octanol–water partition coefficient (Wildman–Crippen LogP) is 2.41. The number of anilines is 1. The number of ether oxygens (including phenoxy) is 1. The Hall–Kier alpha value is -3.27. The van der Waals surface area contributed by atoms with E-state index in [4.69, 9.17) is 9.57 Å². The second kappa shape index (κ2) is 8.02. The average Bonchev–Trinajstić information content (AvgIpc) is 3.10. The first-order valence-corrected chi connectivity index (χ1v) is 7.30. The van der Waals surface area contributed by atoms with Gasteiger partial charge < -0.3 is 9.30 Å². The smallest absolute Gasteiger partial charge is 0.352 e. The fourth-order valence-electron chi connectivity index (χ4n) is 2.07. The Bertz CT molecular complexity index is 801. The Morgan fingerprint density at radius 3 is 2.80 bits per heavy atom. The van der Waals surface area contributed by atoms with Gasteiger partial charge in [-0.15, -0.1) is 0 Å². The molecule has 0 amide bonds. The SMILES string of the molecule is CCOC(=O)C(C)=Nc1cc(-n2ccnc2)c([N+](=O)[O-])cc1NOC. The lowest BCUT2D eigenvalue weighted by molar-refractivity contribution is -0.384. The summed E-state index contributed by atoms with van der Waals surface area (Å²) in [6.45, 7) is 3.40. The number of aromatic nitrogens is 2. The van der Waals surface area contributed by atoms with Gasteiger partial charge in [0.1, 0.15) is 11.4 Å². The van der Waals surface area contributed by atoms with E-state index >= 15 is 0 Å². The maximum atomic E-state index is 11.8. The molecule has 0 fully saturated rings. The first-order valence-electron chi connectivity index (χ1n) is 7.30. The minimum Gasteiger partial charge on any atom is -0.462 e. The highest BCUT2D eigenvalue weighted by Gasteiger charge is 2.20. The Kier molecular flexibility index (Phi) is 5.79. The van der Waals surface area contributed by atoms with Crippen molar-refractivity contribution in [1.29, 1.82) is 0 Å². The van der Waals surface area contributed by atoms with Crippen molar-refractivity contribution in [3.63, 3.8) is 0 Å². The molecule has 0 saturated carbocycles. The van der Waals surface area contributed by atoms with E-state index in [9.17, 15) is 14.9 Å². The number of nitro groups is 1. The molecule has 0 radical (unpaired) electrons. The molecule has 10 nitrogen and oxygen atoms in total. The fourth-order valence-corrected chi connectivity index (χ4v) is 2.07. The second-order valence-corrected chi connectivity index (χ2v) is 4.81. The molecule has 0 aliphatic rings. The van der Waals surface area contributed by atoms with Gasteiger partial charge in [-0.1, -0.05) is 0 Å². The molecule has 0 atom stereocenters. The summed E-state index contributed by atoms with van der Waals surface area (Å²) in [6, 6.07) is 2.74. The van der Waals surface area contributed by atoms with Crippen LogP contribution in [0.1, 0.15) is 13.8 Å². The molecule has 1 heterocycles. The summed E-state index contributed by atoms with van der Waals surface area (Å²) >= 11 is 0. The van der Waals surface area contributed by atoms with E-state index in [1.54, 1.807) is 13.1 Å². The normalized spacial score (nSPS) is 11.2. The van der Waals surface area contributed by atoms with Crippen LogP contribution in [-0.4, -0.2) is 39.9 Å². The number of rotatable bonds is 7. The van der Waals surface area contributed by atoms with Crippen LogP contribution in [0.15, 0.2) is 35.8 Å². The fraction of sp³-hybridized carbons (Fsp3) is 0.267. The molecule has 0 aliphatic heterocycles. The van der Waals surface area contributed by atoms with Gasteiger partial charge in [-0.05, 0) is 19.9 Å². The van der Waals surface area contributed by atoms with Crippen LogP contribution in [0.5, 0.6) is 0 Å². The summed E-state index contributed by atoms with van der Waals surface area (Å²) in [6.07, 6.45) is 4.49. The summed E-state index contributed by atoms with van der Waals surface area (Å²) in [4.78, 5) is 35.6. The van der Waals surface area contributed by atoms with Gasteiger partial charge in [-0.2, -0.15) is 0 Å². The summed E-state index contributed by atoms with van der Waals surface area (Å²) in [5.41, 5.74) is 3.23. The lowest BCUT2D eigenvalue weighted by atomic mass is 10.2. The molecule has 2 aromatic rings. The summed E-state index contributed by atoms with van der Waals surface area (Å²) in [5.74, 6) is -0.576. The number of nitro benzene ring substituents is 1. The molecule has 0 unspecified atom stereocenters. The van der Waals surface area contributed by atoms with E-state index in [0.29, 0.717) is 0 Å². The van der Waals surface area contributed by atoms with Crippen molar-refractivity contribution in [2.75, 3.05) is 19.2 Å². The van der Waals surface area contributed by atoms with Crippen LogP contribution in [0.25, 0.3) is 5.69 Å². The number of carbonyl (C=O) groups excluding carboxylic acids is 1. The van der Waals surface area contributed by atoms with Crippen LogP contribution in [0.4, 0.5) is 17.1 Å². The Labute approximate surface area is 143 Å². The van der Waals surface area contributed by atoms with Crippen molar-refractivity contribution < 1.29 is 19.3 Å². The zero-order valence-corrected chi connectivity index (χ0v) is 13.9. The molecule has 10 heteroatoms. The highest BCUT2D eigenvalue weighted by molar-refractivity contribution is 6.36. The molecule has 132 valence electrons. The molecule has 1 N–H and O–H groups in total. The molecule has 0 saturated heterocycles. The van der Waals surface area contributed by atoms with Crippen LogP contribution in [0.2, 0.25) is 0 Å². The van der Waals surface area contributed by atoms with Crippen LogP contribution in [0.3, 0.4) is 0 Å². The third-order valence-electron chi connectivity index (χ3n) is 3.14. The molecule has 2 rings (SSSR count). The van der Waals surface area contributed by atoms with Gasteiger partial charge in [0, 0.05) is 18.5 Å². The highest BCUT2D eigenvalue weighted by Crippen LogP contribution is 2.35. The van der Waals surface area contributed by atoms with Crippen molar-refractivity contribution in [3.8, 4) is 5.69 Å². The first kappa shape index (κ1) is 18.1. The number of benzene rings is 1. The van der Waals surface area contributed by atoms with E-state index in [1.165, 1.54) is 43.3 Å². The maximum Gasteiger partial charge on any atom is 0.352 e. The summed E-state index contributed by atoms with van der Waals surface area (Å²) in [5, 5.41) is 11.4. The van der Waals surface area contributed by atoms with Crippen molar-refractivity contribution >= 4 is 28.7 Å². The summed E-state index contributed by atoms with van der Waals surface area (Å²) < 4.78 is 6.37. The van der Waals surface area contributed by atoms with Crippen molar-refractivity contribution in [3.05, 3.63) is 41.0 Å². The van der Waals surface area contributed by atoms with E-state index < -0.39 is 10.9 Å². The molecule has 1 aromatic carbocycles. The average molecular weight is 347 g/mol. The van der Waals surface area contributed by atoms with Gasteiger partial charge in [0.25, 0.3) is 5.69 Å². The number of carbonyl (C=O) groups is 1. The van der Waals surface area contributed by atoms with Crippen LogP contribution in [-0.2, 0) is 14.4 Å². The first-order chi connectivity index (χ1) is 12.0. The number of hydrogen-bond donors (Lipinski definition) is 1. The third-order valence-corrected chi connectivity index (χ3v) is 3.14. The van der Waals surface area contributed by atoms with Gasteiger partial charge in [-0.25, -0.2) is 14.8 Å². The monoisotopic (exact) mass is 347 g/mol. The molecule has 0 bridgehead atoms. The van der Waals surface area contributed by atoms with E-state index in [1.807, 2.05) is 0 Å². The number of nitrogens with one attached hydrogen (secondary N) is 1. The van der Waals surface area contributed by atoms with Gasteiger partial charge >= 0.3 is 5.97 Å². The van der Waals surface area contributed by atoms with Gasteiger partial charge in [0.2, 0.25) is 0 Å². The third kappa shape index (κ3) is 4.18. The molecule has 0 spiro atoms. The number of aliphatic imine (C=N–C) groups is 1. The minimum absolute atomic E-state index is 0.103. The molecular formula is C15H17N5O5. The lowest BCUT2D eigenvalue weighted by Gasteiger charge is -2.11. The number of hydrogen-bond acceptors (Lipinski definition) is 8. The van der Waals surface area contributed by atoms with Crippen molar-refractivity contribution in [1.82, 2.24) is 9.55 Å². The van der Waals surface area contributed by atoms with Gasteiger partial charge in [0.05, 0.1) is 36.3 Å². The van der Waals surface area contributed by atoms with Crippen molar-refractivity contribution in [2.24, 2.45) is 4.99 Å². The van der Waals surface area contributed by atoms with Crippen LogP contribution in [0, 0.1) is 10.1 Å². The number of nitrogens with zero attached hydrogens (tertiary/aromatic N) is 4. The van der Waals surface area contributed by atoms with E-state index in [0.717, 1.165) is 0 Å². The Morgan fingerprint density at radius 1 is 1.48 bits per heavy atom. The topological polar surface area (TPSA) is 121 Å². The lowest BCUT2D eigenvalue weighted by Crippen LogP contribution is -2.14. The number of esters is 1. The van der Waals surface area contributed by atoms with Crippen LogP contribution < -0.4 is 5.48 Å². The number of imidazole rings is 1. The maximum absolute atomic E-state index is 11.8. The Morgan fingerprint density at radius 2 is 2.24 bits per heavy atom. The predicted molar refractivity (Wildman–Crippen MR) is 90.3 cm³/mol. The van der Waals surface area contributed by atoms with E-state index in [2.05, 4.69) is 15.5 Å². The second-order valence-electron chi connectivity index (χ2n) is 4.81. The van der Waals surface area contributed by atoms with Crippen molar-refractivity contribution in [2.45, 2.75) is 13.8 Å². The van der Waals surface area contributed by atoms with Crippen LogP contribution >= 0.6 is 0 Å². The minimum atomic E-state index is -0.576. The Balaban J connectivity index is 2.61. The quantitative estimate of drug-likeness (QED) is 0.353. The largest absolute Gasteiger partial charge is 0.462 e. The molecule has 1 aromatic heterocycles.